The molecule has 0 bridgehead atoms. The summed E-state index contributed by atoms with van der Waals surface area (Å²) in [6.07, 6.45) is -2.28. The van der Waals surface area contributed by atoms with Crippen LogP contribution in [0.4, 0.5) is 13.2 Å². The van der Waals surface area contributed by atoms with E-state index in [-0.39, 0.29) is 41.1 Å². The molecule has 9 heteroatoms. The Morgan fingerprint density at radius 1 is 1.05 bits per heavy atom. The second kappa shape index (κ2) is 10.3. The SMILES string of the molecule is CCCCOc1ccc(-c2ccc(C(F)(F)F)cc2)c2c1C(=O)C1=C(O)C3C(=O)C(C(C)=O)=C(O)CC3CC1C2. The van der Waals surface area contributed by atoms with Crippen molar-refractivity contribution < 1.29 is 42.5 Å². The summed E-state index contributed by atoms with van der Waals surface area (Å²) in [5.74, 6) is -4.27. The number of benzene rings is 2. The van der Waals surface area contributed by atoms with Gasteiger partial charge in [-0.15, -0.1) is 0 Å². The van der Waals surface area contributed by atoms with Crippen molar-refractivity contribution in [2.45, 2.75) is 52.1 Å². The maximum atomic E-state index is 14.1. The number of allylic oxidation sites excluding steroid dienone is 4. The maximum Gasteiger partial charge on any atom is 0.416 e. The van der Waals surface area contributed by atoms with Gasteiger partial charge in [0.25, 0.3) is 0 Å². The van der Waals surface area contributed by atoms with Gasteiger partial charge in [0, 0.05) is 12.0 Å². The number of alkyl halides is 3. The van der Waals surface area contributed by atoms with E-state index < -0.39 is 46.8 Å². The molecule has 0 amide bonds. The maximum absolute atomic E-state index is 14.1. The summed E-state index contributed by atoms with van der Waals surface area (Å²) < 4.78 is 45.5. The lowest BCUT2D eigenvalue weighted by atomic mass is 9.62. The molecule has 3 unspecified atom stereocenters. The first-order valence-corrected chi connectivity index (χ1v) is 13.3. The van der Waals surface area contributed by atoms with Crippen molar-refractivity contribution in [3.05, 3.63) is 75.8 Å². The number of ether oxygens (including phenoxy) is 1. The minimum Gasteiger partial charge on any atom is -0.511 e. The summed E-state index contributed by atoms with van der Waals surface area (Å²) in [5, 5.41) is 21.8. The molecule has 5 rings (SSSR count). The Balaban J connectivity index is 1.63. The largest absolute Gasteiger partial charge is 0.511 e. The second-order valence-corrected chi connectivity index (χ2v) is 10.7. The predicted octanol–water partition coefficient (Wildman–Crippen LogP) is 6.73. The van der Waals surface area contributed by atoms with Crippen LogP contribution in [0.3, 0.4) is 0 Å². The van der Waals surface area contributed by atoms with E-state index in [0.717, 1.165) is 25.0 Å². The molecular weight excluding hydrogens is 525 g/mol. The lowest BCUT2D eigenvalue weighted by Gasteiger charge is -2.41. The molecule has 0 spiro atoms. The number of carbonyl (C=O) groups is 3. The minimum absolute atomic E-state index is 0.0200. The first kappa shape index (κ1) is 27.7. The van der Waals surface area contributed by atoms with Gasteiger partial charge in [0.05, 0.1) is 29.2 Å². The van der Waals surface area contributed by atoms with Crippen LogP contribution in [0.15, 0.2) is 59.1 Å². The molecule has 0 radical (unpaired) electrons. The van der Waals surface area contributed by atoms with Crippen LogP contribution in [0, 0.1) is 17.8 Å². The molecule has 3 aliphatic carbocycles. The fourth-order valence-corrected chi connectivity index (χ4v) is 6.30. The molecular formula is C31H29F3O6. The zero-order valence-electron chi connectivity index (χ0n) is 22.1. The Morgan fingerprint density at radius 3 is 2.38 bits per heavy atom. The Hall–Kier alpha value is -3.88. The highest BCUT2D eigenvalue weighted by Gasteiger charge is 2.50. The number of rotatable bonds is 6. The van der Waals surface area contributed by atoms with Gasteiger partial charge in [-0.2, -0.15) is 13.2 Å². The topological polar surface area (TPSA) is 101 Å². The molecule has 2 aromatic carbocycles. The normalized spacial score (nSPS) is 22.6. The monoisotopic (exact) mass is 554 g/mol. The van der Waals surface area contributed by atoms with Gasteiger partial charge in [-0.3, -0.25) is 14.4 Å². The highest BCUT2D eigenvalue weighted by atomic mass is 19.4. The van der Waals surface area contributed by atoms with Gasteiger partial charge >= 0.3 is 6.18 Å². The third-order valence-corrected chi connectivity index (χ3v) is 8.14. The van der Waals surface area contributed by atoms with E-state index in [1.807, 2.05) is 6.92 Å². The van der Waals surface area contributed by atoms with E-state index in [1.54, 1.807) is 12.1 Å². The number of aliphatic hydroxyl groups excluding tert-OH is 2. The van der Waals surface area contributed by atoms with E-state index in [4.69, 9.17) is 4.74 Å². The summed E-state index contributed by atoms with van der Waals surface area (Å²) in [6, 6.07) is 8.07. The molecule has 210 valence electrons. The van der Waals surface area contributed by atoms with Crippen molar-refractivity contribution >= 4 is 17.3 Å². The predicted molar refractivity (Wildman–Crippen MR) is 140 cm³/mol. The van der Waals surface area contributed by atoms with Gasteiger partial charge < -0.3 is 14.9 Å². The van der Waals surface area contributed by atoms with Gasteiger partial charge in [-0.25, -0.2) is 0 Å². The van der Waals surface area contributed by atoms with Crippen LogP contribution in [-0.4, -0.2) is 34.2 Å². The van der Waals surface area contributed by atoms with Crippen molar-refractivity contribution in [2.75, 3.05) is 6.61 Å². The van der Waals surface area contributed by atoms with Gasteiger partial charge in [-0.1, -0.05) is 31.5 Å². The average Bonchev–Trinajstić information content (AvgIpc) is 2.87. The molecule has 2 N–H and O–H groups in total. The lowest BCUT2D eigenvalue weighted by molar-refractivity contribution is -0.137. The van der Waals surface area contributed by atoms with Gasteiger partial charge in [0.2, 0.25) is 0 Å². The Morgan fingerprint density at radius 2 is 1.75 bits per heavy atom. The van der Waals surface area contributed by atoms with Crippen molar-refractivity contribution in [1.82, 2.24) is 0 Å². The standard InChI is InChI=1S/C31H29F3O6/c1-3-4-11-40-23-10-9-20(16-5-7-19(8-6-16)31(32,33)34)21-13-17-12-18-14-22(36)24(15(2)35)28(37)26(18)29(38)25(17)30(39)27(21)23/h5-10,17-18,26,36,38H,3-4,11-14H2,1-2H3. The van der Waals surface area contributed by atoms with Crippen LogP contribution >= 0.6 is 0 Å². The number of aliphatic hydroxyl groups is 2. The third-order valence-electron chi connectivity index (χ3n) is 8.14. The molecule has 0 saturated heterocycles. The number of hydrogen-bond acceptors (Lipinski definition) is 6. The second-order valence-electron chi connectivity index (χ2n) is 10.7. The number of carbonyl (C=O) groups excluding carboxylic acids is 3. The van der Waals surface area contributed by atoms with Crippen molar-refractivity contribution in [2.24, 2.45) is 17.8 Å². The van der Waals surface area contributed by atoms with Gasteiger partial charge in [0.15, 0.2) is 17.3 Å². The van der Waals surface area contributed by atoms with Crippen LogP contribution < -0.4 is 4.74 Å². The molecule has 0 aromatic heterocycles. The van der Waals surface area contributed by atoms with Crippen LogP contribution in [0.25, 0.3) is 11.1 Å². The number of fused-ring (bicyclic) bond motifs is 3. The van der Waals surface area contributed by atoms with E-state index in [9.17, 15) is 37.8 Å². The summed E-state index contributed by atoms with van der Waals surface area (Å²) in [7, 11) is 0. The van der Waals surface area contributed by atoms with E-state index in [0.29, 0.717) is 35.5 Å². The van der Waals surface area contributed by atoms with E-state index >= 15 is 0 Å². The number of halogens is 3. The smallest absolute Gasteiger partial charge is 0.416 e. The lowest BCUT2D eigenvalue weighted by Crippen LogP contribution is -2.42. The first-order chi connectivity index (χ1) is 18.9. The van der Waals surface area contributed by atoms with Gasteiger partial charge in [-0.05, 0) is 72.9 Å². The number of hydrogen-bond donors (Lipinski definition) is 2. The minimum atomic E-state index is -4.49. The van der Waals surface area contributed by atoms with Crippen molar-refractivity contribution in [3.8, 4) is 16.9 Å². The van der Waals surface area contributed by atoms with Crippen LogP contribution in [0.2, 0.25) is 0 Å². The molecule has 0 aliphatic heterocycles. The third kappa shape index (κ3) is 4.61. The summed E-state index contributed by atoms with van der Waals surface area (Å²) in [6.45, 7) is 3.51. The Kier molecular flexibility index (Phi) is 7.10. The highest BCUT2D eigenvalue weighted by molar-refractivity contribution is 6.22. The van der Waals surface area contributed by atoms with Crippen molar-refractivity contribution in [3.63, 3.8) is 0 Å². The Labute approximate surface area is 229 Å². The quantitative estimate of drug-likeness (QED) is 0.303. The molecule has 3 aliphatic rings. The van der Waals surface area contributed by atoms with Gasteiger partial charge in [0.1, 0.15) is 17.3 Å². The molecule has 0 saturated carbocycles. The molecule has 0 heterocycles. The highest BCUT2D eigenvalue weighted by Crippen LogP contribution is 2.51. The first-order valence-electron chi connectivity index (χ1n) is 13.3. The Bertz CT molecular complexity index is 1470. The molecule has 3 atom stereocenters. The van der Waals surface area contributed by atoms with E-state index in [1.165, 1.54) is 19.1 Å². The van der Waals surface area contributed by atoms with Crippen LogP contribution in [0.1, 0.15) is 61.0 Å². The fourth-order valence-electron chi connectivity index (χ4n) is 6.30. The zero-order chi connectivity index (χ0) is 28.9. The number of unbranched alkanes of at least 4 members (excludes halogenated alkanes) is 1. The summed E-state index contributed by atoms with van der Waals surface area (Å²) in [4.78, 5) is 39.3. The number of ketones is 3. The molecule has 0 fully saturated rings. The zero-order valence-corrected chi connectivity index (χ0v) is 22.1. The molecule has 40 heavy (non-hydrogen) atoms. The molecule has 2 aromatic rings. The summed E-state index contributed by atoms with van der Waals surface area (Å²) >= 11 is 0. The molecule has 6 nitrogen and oxygen atoms in total. The summed E-state index contributed by atoms with van der Waals surface area (Å²) in [5.41, 5.74) is 0.876. The number of Topliss-reactive ketones (excluding diaryl/α,β-unsaturated/α-hetero) is 3. The van der Waals surface area contributed by atoms with Crippen LogP contribution in [0.5, 0.6) is 5.75 Å². The van der Waals surface area contributed by atoms with E-state index in [2.05, 4.69) is 0 Å². The van der Waals surface area contributed by atoms with Crippen molar-refractivity contribution in [1.29, 1.82) is 0 Å². The average molecular weight is 555 g/mol. The fraction of sp³-hybridized carbons (Fsp3) is 0.387. The van der Waals surface area contributed by atoms with Crippen LogP contribution in [-0.2, 0) is 22.2 Å².